The van der Waals surface area contributed by atoms with Gasteiger partial charge in [0.15, 0.2) is 0 Å². The van der Waals surface area contributed by atoms with E-state index in [0.717, 1.165) is 0 Å². The van der Waals surface area contributed by atoms with Crippen LogP contribution in [0.25, 0.3) is 0 Å². The number of carboxylic acid groups (broad SMARTS) is 1. The highest BCUT2D eigenvalue weighted by atomic mass is 16.5. The standard InChI is InChI=1S/C12H21N3O5/c1-20-11(18)8-14-4-6-15(7-5-14)12(19)9(13)2-3-10(16)17/h9H,2-8,13H2,1H3,(H,16,17). The summed E-state index contributed by atoms with van der Waals surface area (Å²) in [7, 11) is 1.34. The monoisotopic (exact) mass is 287 g/mol. The van der Waals surface area contributed by atoms with Gasteiger partial charge in [-0.25, -0.2) is 0 Å². The lowest BCUT2D eigenvalue weighted by Gasteiger charge is -2.35. The van der Waals surface area contributed by atoms with Gasteiger partial charge in [-0.05, 0) is 6.42 Å². The topological polar surface area (TPSA) is 113 Å². The summed E-state index contributed by atoms with van der Waals surface area (Å²) in [6.07, 6.45) is 0.0196. The number of hydrogen-bond acceptors (Lipinski definition) is 6. The highest BCUT2D eigenvalue weighted by Crippen LogP contribution is 2.06. The van der Waals surface area contributed by atoms with Crippen LogP contribution >= 0.6 is 0 Å². The van der Waals surface area contributed by atoms with Crippen molar-refractivity contribution in [2.24, 2.45) is 5.73 Å². The second kappa shape index (κ2) is 7.81. The number of amides is 1. The van der Waals surface area contributed by atoms with Gasteiger partial charge >= 0.3 is 11.9 Å². The second-order valence-electron chi connectivity index (χ2n) is 4.72. The normalized spacial score (nSPS) is 17.6. The molecule has 114 valence electrons. The minimum absolute atomic E-state index is 0.116. The molecular weight excluding hydrogens is 266 g/mol. The minimum Gasteiger partial charge on any atom is -0.481 e. The molecule has 1 aliphatic heterocycles. The molecule has 20 heavy (non-hydrogen) atoms. The van der Waals surface area contributed by atoms with Gasteiger partial charge in [0.05, 0.1) is 19.7 Å². The van der Waals surface area contributed by atoms with Crippen molar-refractivity contribution in [2.75, 3.05) is 39.8 Å². The van der Waals surface area contributed by atoms with E-state index in [0.29, 0.717) is 26.2 Å². The number of carbonyl (C=O) groups excluding carboxylic acids is 2. The number of methoxy groups -OCH3 is 1. The number of ether oxygens (including phenoxy) is 1. The third-order valence-electron chi connectivity index (χ3n) is 3.25. The van der Waals surface area contributed by atoms with Crippen LogP contribution in [-0.4, -0.2) is 78.6 Å². The number of nitrogens with two attached hydrogens (primary N) is 1. The van der Waals surface area contributed by atoms with Crippen molar-refractivity contribution in [3.63, 3.8) is 0 Å². The molecule has 8 nitrogen and oxygen atoms in total. The third-order valence-corrected chi connectivity index (χ3v) is 3.25. The molecule has 1 rings (SSSR count). The average molecular weight is 287 g/mol. The van der Waals surface area contributed by atoms with Crippen molar-refractivity contribution in [2.45, 2.75) is 18.9 Å². The van der Waals surface area contributed by atoms with Crippen LogP contribution in [0.2, 0.25) is 0 Å². The first-order valence-electron chi connectivity index (χ1n) is 6.49. The van der Waals surface area contributed by atoms with Gasteiger partial charge in [-0.15, -0.1) is 0 Å². The largest absolute Gasteiger partial charge is 0.481 e. The first kappa shape index (κ1) is 16.4. The van der Waals surface area contributed by atoms with Crippen LogP contribution in [0.3, 0.4) is 0 Å². The molecule has 1 amide bonds. The predicted octanol–water partition coefficient (Wildman–Crippen LogP) is -1.50. The Bertz CT molecular complexity index is 366. The maximum atomic E-state index is 12.0. The molecule has 0 bridgehead atoms. The predicted molar refractivity (Wildman–Crippen MR) is 69.9 cm³/mol. The summed E-state index contributed by atoms with van der Waals surface area (Å²) in [4.78, 5) is 37.1. The summed E-state index contributed by atoms with van der Waals surface area (Å²) in [6.45, 7) is 2.33. The number of hydrogen-bond donors (Lipinski definition) is 2. The Morgan fingerprint density at radius 1 is 1.25 bits per heavy atom. The minimum atomic E-state index is -0.962. The van der Waals surface area contributed by atoms with Crippen LogP contribution in [0.5, 0.6) is 0 Å². The zero-order valence-corrected chi connectivity index (χ0v) is 11.6. The molecule has 0 aromatic heterocycles. The fraction of sp³-hybridized carbons (Fsp3) is 0.750. The summed E-state index contributed by atoms with van der Waals surface area (Å²) >= 11 is 0. The molecule has 0 spiro atoms. The van der Waals surface area contributed by atoms with Crippen LogP contribution in [0, 0.1) is 0 Å². The van der Waals surface area contributed by atoms with Crippen LogP contribution in [-0.2, 0) is 19.1 Å². The van der Waals surface area contributed by atoms with Crippen LogP contribution in [0.1, 0.15) is 12.8 Å². The van der Waals surface area contributed by atoms with Crippen molar-refractivity contribution < 1.29 is 24.2 Å². The molecule has 0 radical (unpaired) electrons. The fourth-order valence-corrected chi connectivity index (χ4v) is 2.01. The van der Waals surface area contributed by atoms with Gasteiger partial charge in [0.1, 0.15) is 0 Å². The molecular formula is C12H21N3O5. The van der Waals surface area contributed by atoms with E-state index in [4.69, 9.17) is 10.8 Å². The van der Waals surface area contributed by atoms with Crippen LogP contribution in [0.4, 0.5) is 0 Å². The molecule has 0 aromatic rings. The Balaban J connectivity index is 2.34. The molecule has 1 fully saturated rings. The highest BCUT2D eigenvalue weighted by Gasteiger charge is 2.26. The van der Waals surface area contributed by atoms with Gasteiger partial charge in [-0.2, -0.15) is 0 Å². The van der Waals surface area contributed by atoms with E-state index in [1.54, 1.807) is 4.90 Å². The Kier molecular flexibility index (Phi) is 6.40. The van der Waals surface area contributed by atoms with Gasteiger partial charge in [0.25, 0.3) is 0 Å². The number of nitrogens with zero attached hydrogens (tertiary/aromatic N) is 2. The molecule has 1 atom stereocenters. The molecule has 3 N–H and O–H groups in total. The molecule has 1 unspecified atom stereocenters. The van der Waals surface area contributed by atoms with Crippen molar-refractivity contribution in [1.82, 2.24) is 9.80 Å². The molecule has 0 saturated carbocycles. The number of rotatable bonds is 6. The molecule has 1 saturated heterocycles. The smallest absolute Gasteiger partial charge is 0.319 e. The number of carbonyl (C=O) groups is 3. The molecule has 1 aliphatic rings. The van der Waals surface area contributed by atoms with Gasteiger partial charge in [0.2, 0.25) is 5.91 Å². The van der Waals surface area contributed by atoms with Gasteiger partial charge < -0.3 is 20.5 Å². The summed E-state index contributed by atoms with van der Waals surface area (Å²) in [6, 6.07) is -0.779. The first-order chi connectivity index (χ1) is 9.43. The van der Waals surface area contributed by atoms with E-state index in [-0.39, 0.29) is 31.3 Å². The van der Waals surface area contributed by atoms with E-state index in [9.17, 15) is 14.4 Å². The van der Waals surface area contributed by atoms with E-state index in [1.165, 1.54) is 7.11 Å². The summed E-state index contributed by atoms with van der Waals surface area (Å²) in [5.41, 5.74) is 5.69. The maximum absolute atomic E-state index is 12.0. The van der Waals surface area contributed by atoms with E-state index >= 15 is 0 Å². The van der Waals surface area contributed by atoms with Gasteiger partial charge in [-0.1, -0.05) is 0 Å². The number of carboxylic acids is 1. The van der Waals surface area contributed by atoms with E-state index in [2.05, 4.69) is 4.74 Å². The van der Waals surface area contributed by atoms with Crippen molar-refractivity contribution in [3.05, 3.63) is 0 Å². The Morgan fingerprint density at radius 2 is 1.85 bits per heavy atom. The van der Waals surface area contributed by atoms with Crippen molar-refractivity contribution in [1.29, 1.82) is 0 Å². The lowest BCUT2D eigenvalue weighted by Crippen LogP contribution is -2.54. The maximum Gasteiger partial charge on any atom is 0.319 e. The second-order valence-corrected chi connectivity index (χ2v) is 4.72. The van der Waals surface area contributed by atoms with Crippen molar-refractivity contribution in [3.8, 4) is 0 Å². The van der Waals surface area contributed by atoms with Crippen molar-refractivity contribution >= 4 is 17.8 Å². The lowest BCUT2D eigenvalue weighted by molar-refractivity contribution is -0.143. The fourth-order valence-electron chi connectivity index (χ4n) is 2.01. The zero-order chi connectivity index (χ0) is 15.1. The number of aliphatic carboxylic acids is 1. The molecule has 1 heterocycles. The van der Waals surface area contributed by atoms with Crippen LogP contribution in [0.15, 0.2) is 0 Å². The van der Waals surface area contributed by atoms with Crippen LogP contribution < -0.4 is 5.73 Å². The summed E-state index contributed by atoms with van der Waals surface area (Å²) in [5.74, 6) is -1.50. The van der Waals surface area contributed by atoms with Gasteiger partial charge in [0, 0.05) is 32.6 Å². The highest BCUT2D eigenvalue weighted by molar-refractivity contribution is 5.82. The van der Waals surface area contributed by atoms with Gasteiger partial charge in [-0.3, -0.25) is 19.3 Å². The van der Waals surface area contributed by atoms with E-state index < -0.39 is 12.0 Å². The molecule has 8 heteroatoms. The first-order valence-corrected chi connectivity index (χ1v) is 6.49. The third kappa shape index (κ3) is 5.14. The molecule has 0 aromatic carbocycles. The summed E-state index contributed by atoms with van der Waals surface area (Å²) in [5, 5.41) is 8.57. The Labute approximate surface area is 117 Å². The number of esters is 1. The Morgan fingerprint density at radius 3 is 2.35 bits per heavy atom. The SMILES string of the molecule is COC(=O)CN1CCN(C(=O)C(N)CCC(=O)O)CC1. The quantitative estimate of drug-likeness (QED) is 0.571. The lowest BCUT2D eigenvalue weighted by atomic mass is 10.1. The number of piperazine rings is 1. The zero-order valence-electron chi connectivity index (χ0n) is 11.6. The molecule has 0 aliphatic carbocycles. The summed E-state index contributed by atoms with van der Waals surface area (Å²) < 4.78 is 4.58. The average Bonchev–Trinajstić information content (AvgIpc) is 2.44. The Hall–Kier alpha value is -1.67. The van der Waals surface area contributed by atoms with E-state index in [1.807, 2.05) is 4.90 Å².